The fourth-order valence-electron chi connectivity index (χ4n) is 4.41. The van der Waals surface area contributed by atoms with Gasteiger partial charge in [-0.25, -0.2) is 0 Å². The van der Waals surface area contributed by atoms with Crippen molar-refractivity contribution in [3.8, 4) is 11.5 Å². The lowest BCUT2D eigenvalue weighted by molar-refractivity contribution is 0.135. The second kappa shape index (κ2) is 4.39. The van der Waals surface area contributed by atoms with Crippen LogP contribution < -0.4 is 9.47 Å². The van der Waals surface area contributed by atoms with Gasteiger partial charge in [0.25, 0.3) is 0 Å². The van der Waals surface area contributed by atoms with Gasteiger partial charge in [-0.3, -0.25) is 0 Å². The molecule has 1 aromatic rings. The molecule has 3 rings (SSSR count). The first kappa shape index (κ1) is 13.7. The molecule has 3 heteroatoms. The highest BCUT2D eigenvalue weighted by molar-refractivity contribution is 5.55. The van der Waals surface area contributed by atoms with Gasteiger partial charge in [0.1, 0.15) is 0 Å². The third kappa shape index (κ3) is 1.56. The number of hydrogen-bond donors (Lipinski definition) is 1. The molecular weight excluding hydrogens is 252 g/mol. The first-order valence-electron chi connectivity index (χ1n) is 7.36. The summed E-state index contributed by atoms with van der Waals surface area (Å²) in [4.78, 5) is 0. The predicted octanol–water partition coefficient (Wildman–Crippen LogP) is 3.06. The molecule has 3 atom stereocenters. The van der Waals surface area contributed by atoms with Gasteiger partial charge in [-0.05, 0) is 49.1 Å². The van der Waals surface area contributed by atoms with Crippen LogP contribution in [0.1, 0.15) is 37.3 Å². The van der Waals surface area contributed by atoms with Crippen LogP contribution in [0.3, 0.4) is 0 Å². The number of aliphatic hydroxyl groups excluding tert-OH is 1. The highest BCUT2D eigenvalue weighted by Crippen LogP contribution is 2.73. The quantitative estimate of drug-likeness (QED) is 0.918. The van der Waals surface area contributed by atoms with Gasteiger partial charge in [-0.1, -0.05) is 13.0 Å². The molecule has 2 saturated carbocycles. The second-order valence-electron chi connectivity index (χ2n) is 6.65. The lowest BCUT2D eigenvalue weighted by atomic mass is 9.69. The lowest BCUT2D eigenvalue weighted by Gasteiger charge is -2.37. The summed E-state index contributed by atoms with van der Waals surface area (Å²) in [6.45, 7) is 4.57. The van der Waals surface area contributed by atoms with Gasteiger partial charge in [0, 0.05) is 11.0 Å². The first-order valence-corrected chi connectivity index (χ1v) is 7.36. The van der Waals surface area contributed by atoms with Crippen LogP contribution in [-0.2, 0) is 5.41 Å². The third-order valence-corrected chi connectivity index (χ3v) is 5.83. The smallest absolute Gasteiger partial charge is 0.164 e. The maximum atomic E-state index is 10.2. The van der Waals surface area contributed by atoms with Crippen molar-refractivity contribution in [2.75, 3.05) is 20.8 Å². The average molecular weight is 276 g/mol. The van der Waals surface area contributed by atoms with Gasteiger partial charge in [0.2, 0.25) is 0 Å². The second-order valence-corrected chi connectivity index (χ2v) is 6.65. The van der Waals surface area contributed by atoms with Crippen molar-refractivity contribution in [3.05, 3.63) is 23.3 Å². The van der Waals surface area contributed by atoms with E-state index in [0.717, 1.165) is 35.0 Å². The van der Waals surface area contributed by atoms with Gasteiger partial charge in [-0.2, -0.15) is 0 Å². The number of rotatable bonds is 4. The Kier molecular flexibility index (Phi) is 3.02. The Morgan fingerprint density at radius 2 is 2.05 bits per heavy atom. The summed E-state index contributed by atoms with van der Waals surface area (Å²) in [5, 5.41) is 10.2. The summed E-state index contributed by atoms with van der Waals surface area (Å²) in [6.07, 6.45) is 3.46. The van der Waals surface area contributed by atoms with E-state index in [4.69, 9.17) is 9.47 Å². The van der Waals surface area contributed by atoms with Gasteiger partial charge in [0.15, 0.2) is 11.5 Å². The van der Waals surface area contributed by atoms with Crippen LogP contribution in [0.15, 0.2) is 12.1 Å². The minimum Gasteiger partial charge on any atom is -0.493 e. The lowest BCUT2D eigenvalue weighted by Crippen LogP contribution is -2.37. The van der Waals surface area contributed by atoms with E-state index < -0.39 is 0 Å². The summed E-state index contributed by atoms with van der Waals surface area (Å²) < 4.78 is 11.1. The molecule has 1 N–H and O–H groups in total. The highest BCUT2D eigenvalue weighted by Gasteiger charge is 2.68. The summed E-state index contributed by atoms with van der Waals surface area (Å²) in [7, 11) is 3.35. The largest absolute Gasteiger partial charge is 0.493 e. The van der Waals surface area contributed by atoms with Crippen molar-refractivity contribution in [1.82, 2.24) is 0 Å². The van der Waals surface area contributed by atoms with Crippen LogP contribution in [0.5, 0.6) is 11.5 Å². The molecule has 3 nitrogen and oxygen atoms in total. The molecule has 20 heavy (non-hydrogen) atoms. The number of aliphatic hydroxyl groups is 1. The van der Waals surface area contributed by atoms with Gasteiger partial charge >= 0.3 is 0 Å². The molecule has 1 aromatic carbocycles. The van der Waals surface area contributed by atoms with E-state index in [1.807, 2.05) is 6.07 Å². The normalized spacial score (nSPS) is 34.8. The predicted molar refractivity (Wildman–Crippen MR) is 78.5 cm³/mol. The zero-order chi connectivity index (χ0) is 14.5. The van der Waals surface area contributed by atoms with Crippen molar-refractivity contribution in [2.45, 2.75) is 38.5 Å². The Hall–Kier alpha value is -1.22. The number of benzene rings is 1. The third-order valence-electron chi connectivity index (χ3n) is 5.83. The van der Waals surface area contributed by atoms with Gasteiger partial charge in [-0.15, -0.1) is 0 Å². The van der Waals surface area contributed by atoms with Crippen LogP contribution in [-0.4, -0.2) is 25.9 Å². The van der Waals surface area contributed by atoms with Crippen LogP contribution in [0.2, 0.25) is 0 Å². The van der Waals surface area contributed by atoms with E-state index in [9.17, 15) is 5.11 Å². The van der Waals surface area contributed by atoms with Crippen LogP contribution >= 0.6 is 0 Å². The molecule has 2 aliphatic carbocycles. The van der Waals surface area contributed by atoms with Gasteiger partial charge < -0.3 is 14.6 Å². The van der Waals surface area contributed by atoms with Crippen LogP contribution in [0.4, 0.5) is 0 Å². The Bertz CT molecular complexity index is 537. The van der Waals surface area contributed by atoms with Crippen molar-refractivity contribution < 1.29 is 14.6 Å². The summed E-state index contributed by atoms with van der Waals surface area (Å²) in [5.74, 6) is 2.31. The monoisotopic (exact) mass is 276 g/mol. The van der Waals surface area contributed by atoms with Crippen molar-refractivity contribution in [1.29, 1.82) is 0 Å². The fraction of sp³-hybridized carbons (Fsp3) is 0.647. The van der Waals surface area contributed by atoms with Crippen molar-refractivity contribution in [3.63, 3.8) is 0 Å². The van der Waals surface area contributed by atoms with E-state index in [-0.39, 0.29) is 17.4 Å². The van der Waals surface area contributed by atoms with Crippen molar-refractivity contribution >= 4 is 0 Å². The van der Waals surface area contributed by atoms with E-state index in [0.29, 0.717) is 0 Å². The number of ether oxygens (including phenoxy) is 2. The molecule has 110 valence electrons. The van der Waals surface area contributed by atoms with Gasteiger partial charge in [0.05, 0.1) is 20.8 Å². The molecule has 0 heterocycles. The Morgan fingerprint density at radius 1 is 1.30 bits per heavy atom. The van der Waals surface area contributed by atoms with E-state index >= 15 is 0 Å². The summed E-state index contributed by atoms with van der Waals surface area (Å²) in [5.41, 5.74) is 2.32. The molecule has 0 aliphatic heterocycles. The number of fused-ring (bicyclic) bond motifs is 1. The van der Waals surface area contributed by atoms with E-state index in [1.54, 1.807) is 14.2 Å². The molecule has 0 saturated heterocycles. The Labute approximate surface area is 120 Å². The minimum atomic E-state index is -0.178. The zero-order valence-electron chi connectivity index (χ0n) is 12.8. The highest BCUT2D eigenvalue weighted by atomic mass is 16.5. The number of methoxy groups -OCH3 is 2. The molecule has 0 spiro atoms. The molecule has 2 aliphatic rings. The topological polar surface area (TPSA) is 38.7 Å². The van der Waals surface area contributed by atoms with Crippen molar-refractivity contribution in [2.24, 2.45) is 11.3 Å². The molecule has 2 fully saturated rings. The van der Waals surface area contributed by atoms with E-state index in [1.165, 1.54) is 12.8 Å². The summed E-state index contributed by atoms with van der Waals surface area (Å²) in [6, 6.07) is 4.17. The molecule has 0 bridgehead atoms. The maximum absolute atomic E-state index is 10.2. The standard InChI is InChI=1S/C17H24O3/c1-11-7-13(15(20-4)14(8-11)19-3)17(10-18)6-5-12-9-16(12,17)2/h7-8,12,18H,5-6,9-10H2,1-4H3/t12-,16+,17+/m1/s1. The molecule has 0 aromatic heterocycles. The molecule has 0 radical (unpaired) electrons. The number of hydrogen-bond acceptors (Lipinski definition) is 3. The first-order chi connectivity index (χ1) is 9.52. The Morgan fingerprint density at radius 3 is 2.50 bits per heavy atom. The average Bonchev–Trinajstić information content (AvgIpc) is 3.03. The molecule has 0 amide bonds. The minimum absolute atomic E-state index is 0.178. The summed E-state index contributed by atoms with van der Waals surface area (Å²) >= 11 is 0. The molecule has 0 unspecified atom stereocenters. The van der Waals surface area contributed by atoms with Crippen LogP contribution in [0, 0.1) is 18.3 Å². The maximum Gasteiger partial charge on any atom is 0.164 e. The number of aryl methyl sites for hydroxylation is 1. The zero-order valence-corrected chi connectivity index (χ0v) is 12.8. The fourth-order valence-corrected chi connectivity index (χ4v) is 4.41. The Balaban J connectivity index is 2.20. The van der Waals surface area contributed by atoms with Crippen LogP contribution in [0.25, 0.3) is 0 Å². The van der Waals surface area contributed by atoms with E-state index in [2.05, 4.69) is 19.9 Å². The SMILES string of the molecule is COc1cc(C)cc([C@@]2(CO)CC[C@@H]3C[C@@]32C)c1OC. The molecular formula is C17H24O3.